The topological polar surface area (TPSA) is 98.7 Å². The maximum Gasteiger partial charge on any atom is 0.419 e. The molecule has 0 radical (unpaired) electrons. The lowest BCUT2D eigenvalue weighted by atomic mass is 10.0. The van der Waals surface area contributed by atoms with Crippen molar-refractivity contribution in [2.45, 2.75) is 12.2 Å². The Balaban J connectivity index is 1.71. The summed E-state index contributed by atoms with van der Waals surface area (Å²) in [6.07, 6.45) is -2.36. The van der Waals surface area contributed by atoms with Crippen molar-refractivity contribution in [1.29, 1.82) is 5.26 Å². The van der Waals surface area contributed by atoms with Crippen LogP contribution in [0.2, 0.25) is 0 Å². The van der Waals surface area contributed by atoms with E-state index < -0.39 is 11.7 Å². The highest BCUT2D eigenvalue weighted by atomic mass is 19.4. The summed E-state index contributed by atoms with van der Waals surface area (Å²) in [5, 5.41) is 15.8. The molecule has 4 rings (SSSR count). The van der Waals surface area contributed by atoms with Crippen LogP contribution in [-0.4, -0.2) is 47.3 Å². The van der Waals surface area contributed by atoms with Gasteiger partial charge < -0.3 is 20.4 Å². The minimum Gasteiger partial charge on any atom is -0.378 e. The average molecular weight is 402 g/mol. The third-order valence-electron chi connectivity index (χ3n) is 4.67. The summed E-state index contributed by atoms with van der Waals surface area (Å²) in [4.78, 5) is 10.9. The first kappa shape index (κ1) is 19.2. The van der Waals surface area contributed by atoms with Crippen molar-refractivity contribution in [3.63, 3.8) is 0 Å². The number of aromatic amines is 1. The zero-order valence-electron chi connectivity index (χ0n) is 15.2. The Bertz CT molecular complexity index is 1070. The number of anilines is 1. The maximum absolute atomic E-state index is 13.6. The van der Waals surface area contributed by atoms with Gasteiger partial charge in [0.15, 0.2) is 0 Å². The molecule has 1 aliphatic heterocycles. The van der Waals surface area contributed by atoms with Crippen LogP contribution in [0, 0.1) is 11.3 Å². The van der Waals surface area contributed by atoms with Crippen LogP contribution in [-0.2, 0) is 10.9 Å². The molecule has 29 heavy (non-hydrogen) atoms. The summed E-state index contributed by atoms with van der Waals surface area (Å²) >= 11 is 0. The van der Waals surface area contributed by atoms with Gasteiger partial charge in [0.05, 0.1) is 30.5 Å². The van der Waals surface area contributed by atoms with E-state index in [0.29, 0.717) is 48.3 Å². The minimum atomic E-state index is -4.61. The summed E-state index contributed by atoms with van der Waals surface area (Å²) < 4.78 is 46.1. The van der Waals surface area contributed by atoms with Gasteiger partial charge in [0.2, 0.25) is 5.95 Å². The number of benzene rings is 1. The van der Waals surface area contributed by atoms with E-state index in [1.165, 1.54) is 6.20 Å². The van der Waals surface area contributed by atoms with Gasteiger partial charge in [0.1, 0.15) is 5.56 Å². The number of fused-ring (bicyclic) bond motifs is 1. The standard InChI is InChI=1S/C19H17F3N6O/c20-19(21,22)15-9-27-18(26-7-12-10-29-4-3-24-12)28-17(15)14-8-25-16-5-11(6-23)1-2-13(14)16/h1-2,5,8-9,12,24-25H,3-4,7,10H2,(H,26,27,28). The molecular formula is C19H17F3N6O. The fourth-order valence-corrected chi connectivity index (χ4v) is 3.24. The predicted octanol–water partition coefficient (Wildman–Crippen LogP) is 2.92. The molecule has 0 spiro atoms. The zero-order chi connectivity index (χ0) is 20.4. The molecule has 7 nitrogen and oxygen atoms in total. The Hall–Kier alpha value is -3.16. The number of halogens is 3. The molecule has 1 aliphatic rings. The van der Waals surface area contributed by atoms with Crippen LogP contribution in [0.5, 0.6) is 0 Å². The summed E-state index contributed by atoms with van der Waals surface area (Å²) in [6, 6.07) is 6.78. The molecule has 1 saturated heterocycles. The van der Waals surface area contributed by atoms with Gasteiger partial charge >= 0.3 is 6.18 Å². The molecule has 150 valence electrons. The summed E-state index contributed by atoms with van der Waals surface area (Å²) in [5.74, 6) is 0.100. The first-order chi connectivity index (χ1) is 14.0. The van der Waals surface area contributed by atoms with E-state index in [0.717, 1.165) is 6.20 Å². The van der Waals surface area contributed by atoms with E-state index in [4.69, 9.17) is 10.00 Å². The molecule has 3 heterocycles. The predicted molar refractivity (Wildman–Crippen MR) is 100 cm³/mol. The highest BCUT2D eigenvalue weighted by molar-refractivity contribution is 5.96. The van der Waals surface area contributed by atoms with Crippen molar-refractivity contribution in [3.8, 4) is 17.3 Å². The van der Waals surface area contributed by atoms with Crippen molar-refractivity contribution in [3.05, 3.63) is 41.7 Å². The number of ether oxygens (including phenoxy) is 1. The number of H-pyrrole nitrogens is 1. The Kier molecular flexibility index (Phi) is 5.08. The van der Waals surface area contributed by atoms with Crippen LogP contribution >= 0.6 is 0 Å². The number of nitriles is 1. The number of aromatic nitrogens is 3. The Morgan fingerprint density at radius 3 is 2.93 bits per heavy atom. The van der Waals surface area contributed by atoms with Crippen LogP contribution in [0.1, 0.15) is 11.1 Å². The molecular weight excluding hydrogens is 385 g/mol. The van der Waals surface area contributed by atoms with E-state index in [2.05, 4.69) is 25.6 Å². The molecule has 3 N–H and O–H groups in total. The van der Waals surface area contributed by atoms with Gasteiger partial charge in [-0.1, -0.05) is 6.07 Å². The van der Waals surface area contributed by atoms with Gasteiger partial charge in [0, 0.05) is 48.0 Å². The average Bonchev–Trinajstić information content (AvgIpc) is 3.15. The summed E-state index contributed by atoms with van der Waals surface area (Å²) in [5.41, 5.74) is 0.116. The van der Waals surface area contributed by atoms with Gasteiger partial charge in [-0.3, -0.25) is 0 Å². The molecule has 10 heteroatoms. The third kappa shape index (κ3) is 4.01. The van der Waals surface area contributed by atoms with Crippen molar-refractivity contribution in [2.24, 2.45) is 0 Å². The van der Waals surface area contributed by atoms with E-state index >= 15 is 0 Å². The Morgan fingerprint density at radius 2 is 2.21 bits per heavy atom. The molecule has 1 unspecified atom stereocenters. The Morgan fingerprint density at radius 1 is 1.34 bits per heavy atom. The fourth-order valence-electron chi connectivity index (χ4n) is 3.24. The van der Waals surface area contributed by atoms with Crippen molar-refractivity contribution in [2.75, 3.05) is 31.6 Å². The normalized spacial score (nSPS) is 17.2. The lowest BCUT2D eigenvalue weighted by Gasteiger charge is -2.24. The molecule has 0 saturated carbocycles. The number of rotatable bonds is 4. The fraction of sp³-hybridized carbons (Fsp3) is 0.316. The second-order valence-electron chi connectivity index (χ2n) is 6.64. The van der Waals surface area contributed by atoms with E-state index in [-0.39, 0.29) is 17.7 Å². The van der Waals surface area contributed by atoms with Crippen LogP contribution in [0.4, 0.5) is 19.1 Å². The van der Waals surface area contributed by atoms with Crippen LogP contribution in [0.3, 0.4) is 0 Å². The van der Waals surface area contributed by atoms with Crippen molar-refractivity contribution < 1.29 is 17.9 Å². The van der Waals surface area contributed by atoms with Crippen molar-refractivity contribution >= 4 is 16.9 Å². The molecule has 1 atom stereocenters. The minimum absolute atomic E-state index is 0.0237. The number of hydrogen-bond donors (Lipinski definition) is 3. The number of morpholine rings is 1. The monoisotopic (exact) mass is 402 g/mol. The van der Waals surface area contributed by atoms with E-state index in [9.17, 15) is 13.2 Å². The Labute approximate surface area is 163 Å². The number of alkyl halides is 3. The largest absolute Gasteiger partial charge is 0.419 e. The van der Waals surface area contributed by atoms with Gasteiger partial charge in [0.25, 0.3) is 0 Å². The van der Waals surface area contributed by atoms with Crippen LogP contribution in [0.25, 0.3) is 22.2 Å². The first-order valence-electron chi connectivity index (χ1n) is 8.96. The molecule has 2 aromatic heterocycles. The lowest BCUT2D eigenvalue weighted by molar-refractivity contribution is -0.137. The molecule has 0 amide bonds. The zero-order valence-corrected chi connectivity index (χ0v) is 15.2. The van der Waals surface area contributed by atoms with Crippen LogP contribution in [0.15, 0.2) is 30.6 Å². The molecule has 0 aliphatic carbocycles. The molecule has 3 aromatic rings. The second-order valence-corrected chi connectivity index (χ2v) is 6.64. The molecule has 1 fully saturated rings. The third-order valence-corrected chi connectivity index (χ3v) is 4.67. The quantitative estimate of drug-likeness (QED) is 0.621. The molecule has 0 bridgehead atoms. The summed E-state index contributed by atoms with van der Waals surface area (Å²) in [7, 11) is 0. The smallest absolute Gasteiger partial charge is 0.378 e. The molecule has 1 aromatic carbocycles. The number of nitrogens with zero attached hydrogens (tertiary/aromatic N) is 3. The summed E-state index contributed by atoms with van der Waals surface area (Å²) in [6.45, 7) is 2.27. The van der Waals surface area contributed by atoms with Crippen molar-refractivity contribution in [1.82, 2.24) is 20.3 Å². The maximum atomic E-state index is 13.6. The lowest BCUT2D eigenvalue weighted by Crippen LogP contribution is -2.45. The van der Waals surface area contributed by atoms with Crippen LogP contribution < -0.4 is 10.6 Å². The number of nitrogens with one attached hydrogen (secondary N) is 3. The van der Waals surface area contributed by atoms with E-state index in [1.807, 2.05) is 6.07 Å². The van der Waals surface area contributed by atoms with Gasteiger partial charge in [-0.2, -0.15) is 18.4 Å². The number of hydrogen-bond acceptors (Lipinski definition) is 6. The van der Waals surface area contributed by atoms with Gasteiger partial charge in [-0.05, 0) is 12.1 Å². The van der Waals surface area contributed by atoms with E-state index in [1.54, 1.807) is 18.2 Å². The van der Waals surface area contributed by atoms with Gasteiger partial charge in [-0.15, -0.1) is 0 Å². The SMILES string of the molecule is N#Cc1ccc2c(-c3nc(NCC4COCCN4)ncc3C(F)(F)F)c[nH]c2c1. The highest BCUT2D eigenvalue weighted by Crippen LogP contribution is 2.38. The second kappa shape index (κ2) is 7.69. The van der Waals surface area contributed by atoms with Gasteiger partial charge in [-0.25, -0.2) is 9.97 Å². The highest BCUT2D eigenvalue weighted by Gasteiger charge is 2.36. The first-order valence-corrected chi connectivity index (χ1v) is 8.96.